The van der Waals surface area contributed by atoms with E-state index in [0.717, 1.165) is 18.4 Å². The van der Waals surface area contributed by atoms with Gasteiger partial charge >= 0.3 is 5.97 Å². The van der Waals surface area contributed by atoms with E-state index in [4.69, 9.17) is 27.7 Å². The van der Waals surface area contributed by atoms with Crippen molar-refractivity contribution in [2.24, 2.45) is 27.9 Å². The van der Waals surface area contributed by atoms with Crippen molar-refractivity contribution in [1.29, 1.82) is 0 Å². The average molecular weight is 393 g/mol. The Morgan fingerprint density at radius 2 is 1.79 bits per heavy atom. The fourth-order valence-electron chi connectivity index (χ4n) is 2.50. The number of benzene rings is 1. The van der Waals surface area contributed by atoms with Crippen molar-refractivity contribution in [3.8, 4) is 0 Å². The van der Waals surface area contributed by atoms with Crippen LogP contribution in [-0.2, 0) is 20.9 Å². The lowest BCUT2D eigenvalue weighted by Gasteiger charge is -2.20. The van der Waals surface area contributed by atoms with Crippen molar-refractivity contribution in [1.82, 2.24) is 5.32 Å². The number of aliphatic imine (C=N–C) groups is 1. The molecule has 0 aromatic heterocycles. The second-order valence-corrected chi connectivity index (χ2v) is 6.49. The van der Waals surface area contributed by atoms with Crippen LogP contribution in [0.1, 0.15) is 37.7 Å². The maximum Gasteiger partial charge on any atom is 0.328 e. The van der Waals surface area contributed by atoms with E-state index in [1.165, 1.54) is 0 Å². The van der Waals surface area contributed by atoms with Crippen LogP contribution in [-0.4, -0.2) is 43.0 Å². The molecule has 156 valence electrons. The number of ether oxygens (including phenoxy) is 1. The fraction of sp³-hybridized carbons (Fsp3) is 0.526. The molecule has 0 heterocycles. The van der Waals surface area contributed by atoms with Gasteiger partial charge in [-0.05, 0) is 37.8 Å². The molecule has 0 aliphatic rings. The molecule has 1 aromatic carbocycles. The van der Waals surface area contributed by atoms with Crippen LogP contribution in [0.15, 0.2) is 35.3 Å². The molecule has 28 heavy (non-hydrogen) atoms. The van der Waals surface area contributed by atoms with Gasteiger partial charge in [0.15, 0.2) is 5.96 Å². The Labute approximate surface area is 165 Å². The lowest BCUT2D eigenvalue weighted by molar-refractivity contribution is -0.149. The third kappa shape index (κ3) is 9.89. The minimum absolute atomic E-state index is 0.0193. The minimum Gasteiger partial charge on any atom is -0.459 e. The van der Waals surface area contributed by atoms with Gasteiger partial charge in [0, 0.05) is 6.54 Å². The van der Waals surface area contributed by atoms with Gasteiger partial charge in [-0.3, -0.25) is 9.79 Å². The Balaban J connectivity index is 2.61. The van der Waals surface area contributed by atoms with Crippen LogP contribution in [0.3, 0.4) is 0 Å². The number of guanidine groups is 1. The topological polar surface area (TPSA) is 172 Å². The van der Waals surface area contributed by atoms with Gasteiger partial charge in [-0.2, -0.15) is 0 Å². The highest BCUT2D eigenvalue weighted by Crippen LogP contribution is 2.07. The summed E-state index contributed by atoms with van der Waals surface area (Å²) >= 11 is 0. The first-order valence-corrected chi connectivity index (χ1v) is 9.46. The number of hydrogen-bond acceptors (Lipinski definition) is 6. The minimum atomic E-state index is -0.814. The van der Waals surface area contributed by atoms with E-state index in [-0.39, 0.29) is 18.5 Å². The number of carbonyl (C=O) groups excluding carboxylic acids is 2. The van der Waals surface area contributed by atoms with Gasteiger partial charge in [0.25, 0.3) is 0 Å². The van der Waals surface area contributed by atoms with Gasteiger partial charge < -0.3 is 33.0 Å². The first-order valence-electron chi connectivity index (χ1n) is 9.46. The number of amides is 1. The summed E-state index contributed by atoms with van der Waals surface area (Å²) in [7, 11) is 0. The number of unbranched alkanes of at least 4 members (excludes halogenated alkanes) is 1. The Kier molecular flexibility index (Phi) is 11.3. The molecule has 9 heteroatoms. The predicted octanol–water partition coefficient (Wildman–Crippen LogP) is -0.275. The Bertz CT molecular complexity index is 619. The van der Waals surface area contributed by atoms with Gasteiger partial charge in [0.2, 0.25) is 5.91 Å². The lowest BCUT2D eigenvalue weighted by Crippen LogP contribution is -2.49. The normalized spacial score (nSPS) is 12.6. The number of nitrogens with one attached hydrogen (secondary N) is 1. The molecule has 9 N–H and O–H groups in total. The van der Waals surface area contributed by atoms with Crippen molar-refractivity contribution in [3.63, 3.8) is 0 Å². The first-order chi connectivity index (χ1) is 13.4. The Hall–Kier alpha value is -2.65. The largest absolute Gasteiger partial charge is 0.459 e. The molecule has 0 aliphatic carbocycles. The molecule has 0 fully saturated rings. The smallest absolute Gasteiger partial charge is 0.328 e. The Morgan fingerprint density at radius 3 is 2.43 bits per heavy atom. The third-order valence-corrected chi connectivity index (χ3v) is 4.08. The van der Waals surface area contributed by atoms with E-state index in [1.807, 2.05) is 30.3 Å². The summed E-state index contributed by atoms with van der Waals surface area (Å²) in [4.78, 5) is 28.7. The standard InChI is InChI=1S/C19H32N6O3/c20-11-5-4-9-15(21)17(26)25-16(10-6-12-24-19(22)23)18(27)28-13-14-7-2-1-3-8-14/h1-3,7-8,15-16H,4-6,9-13,20-21H2,(H,25,26)(H4,22,23,24)/t15-,16-/m0/s1. The molecule has 0 aliphatic heterocycles. The molecule has 9 nitrogen and oxygen atoms in total. The summed E-state index contributed by atoms with van der Waals surface area (Å²) in [6.45, 7) is 1.03. The van der Waals surface area contributed by atoms with Gasteiger partial charge in [-0.25, -0.2) is 4.79 Å². The molecule has 1 aromatic rings. The summed E-state index contributed by atoms with van der Waals surface area (Å²) in [5.41, 5.74) is 22.8. The molecule has 0 saturated carbocycles. The molecular formula is C19H32N6O3. The van der Waals surface area contributed by atoms with Crippen LogP contribution in [0.4, 0.5) is 0 Å². The summed E-state index contributed by atoms with van der Waals surface area (Å²) in [5, 5.41) is 2.69. The summed E-state index contributed by atoms with van der Waals surface area (Å²) < 4.78 is 5.35. The van der Waals surface area contributed by atoms with Crippen LogP contribution >= 0.6 is 0 Å². The zero-order valence-corrected chi connectivity index (χ0v) is 16.2. The van der Waals surface area contributed by atoms with Gasteiger partial charge in [0.1, 0.15) is 12.6 Å². The van der Waals surface area contributed by atoms with Crippen LogP contribution in [0.2, 0.25) is 0 Å². The number of rotatable bonds is 13. The van der Waals surface area contributed by atoms with E-state index in [1.54, 1.807) is 0 Å². The van der Waals surface area contributed by atoms with E-state index in [2.05, 4.69) is 10.3 Å². The molecule has 0 spiro atoms. The maximum atomic E-state index is 12.5. The fourth-order valence-corrected chi connectivity index (χ4v) is 2.50. The van der Waals surface area contributed by atoms with Crippen LogP contribution < -0.4 is 28.3 Å². The summed E-state index contributed by atoms with van der Waals surface area (Å²) in [5.74, 6) is -0.925. The van der Waals surface area contributed by atoms with Gasteiger partial charge in [-0.1, -0.05) is 36.8 Å². The van der Waals surface area contributed by atoms with Gasteiger partial charge in [-0.15, -0.1) is 0 Å². The zero-order chi connectivity index (χ0) is 20.8. The third-order valence-electron chi connectivity index (χ3n) is 4.08. The van der Waals surface area contributed by atoms with Crippen molar-refractivity contribution in [2.75, 3.05) is 13.1 Å². The van der Waals surface area contributed by atoms with Crippen LogP contribution in [0.25, 0.3) is 0 Å². The summed E-state index contributed by atoms with van der Waals surface area (Å²) in [6, 6.07) is 7.79. The summed E-state index contributed by atoms with van der Waals surface area (Å²) in [6.07, 6.45) is 2.89. The van der Waals surface area contributed by atoms with Crippen molar-refractivity contribution >= 4 is 17.8 Å². The second kappa shape index (κ2) is 13.5. The van der Waals surface area contributed by atoms with Gasteiger partial charge in [0.05, 0.1) is 6.04 Å². The van der Waals surface area contributed by atoms with Crippen molar-refractivity contribution in [2.45, 2.75) is 50.8 Å². The quantitative estimate of drug-likeness (QED) is 0.133. The molecular weight excluding hydrogens is 360 g/mol. The number of nitrogens with zero attached hydrogens (tertiary/aromatic N) is 1. The number of hydrogen-bond donors (Lipinski definition) is 5. The molecule has 0 saturated heterocycles. The maximum absolute atomic E-state index is 12.5. The number of esters is 1. The van der Waals surface area contributed by atoms with Crippen molar-refractivity contribution in [3.05, 3.63) is 35.9 Å². The predicted molar refractivity (Wildman–Crippen MR) is 109 cm³/mol. The number of carbonyl (C=O) groups is 2. The van der Waals surface area contributed by atoms with Crippen molar-refractivity contribution < 1.29 is 14.3 Å². The molecule has 0 radical (unpaired) electrons. The monoisotopic (exact) mass is 392 g/mol. The second-order valence-electron chi connectivity index (χ2n) is 6.49. The average Bonchev–Trinajstić information content (AvgIpc) is 2.69. The van der Waals surface area contributed by atoms with Crippen LogP contribution in [0, 0.1) is 0 Å². The van der Waals surface area contributed by atoms with E-state index >= 15 is 0 Å². The molecule has 0 bridgehead atoms. The molecule has 1 amide bonds. The number of nitrogens with two attached hydrogens (primary N) is 4. The van der Waals surface area contributed by atoms with E-state index in [9.17, 15) is 9.59 Å². The SMILES string of the molecule is NCCCC[C@H](N)C(=O)N[C@@H](CCCN=C(N)N)C(=O)OCc1ccccc1. The van der Waals surface area contributed by atoms with E-state index in [0.29, 0.717) is 32.4 Å². The lowest BCUT2D eigenvalue weighted by atomic mass is 10.1. The highest BCUT2D eigenvalue weighted by molar-refractivity contribution is 5.87. The van der Waals surface area contributed by atoms with E-state index < -0.39 is 18.1 Å². The molecule has 0 unspecified atom stereocenters. The molecule has 1 rings (SSSR count). The first kappa shape index (κ1) is 23.4. The Morgan fingerprint density at radius 1 is 1.07 bits per heavy atom. The zero-order valence-electron chi connectivity index (χ0n) is 16.2. The molecule has 2 atom stereocenters. The highest BCUT2D eigenvalue weighted by atomic mass is 16.5. The highest BCUT2D eigenvalue weighted by Gasteiger charge is 2.24. The van der Waals surface area contributed by atoms with Crippen LogP contribution in [0.5, 0.6) is 0 Å².